The normalized spacial score (nSPS) is 10.1. The van der Waals surface area contributed by atoms with Gasteiger partial charge < -0.3 is 20.3 Å². The number of urea groups is 1. The van der Waals surface area contributed by atoms with Crippen molar-refractivity contribution in [3.05, 3.63) is 47.6 Å². The Morgan fingerprint density at radius 3 is 2.86 bits per heavy atom. The van der Waals surface area contributed by atoms with Crippen LogP contribution in [-0.4, -0.2) is 33.8 Å². The van der Waals surface area contributed by atoms with E-state index in [1.807, 2.05) is 0 Å². The van der Waals surface area contributed by atoms with E-state index in [0.717, 1.165) is 0 Å². The van der Waals surface area contributed by atoms with Crippen molar-refractivity contribution >= 4 is 12.0 Å². The SMILES string of the molecule is O=C(NCCc1ncon1)NCc1cccc(C(=O)O)c1. The average molecular weight is 290 g/mol. The molecule has 0 saturated carbocycles. The second-order valence-electron chi connectivity index (χ2n) is 4.21. The quantitative estimate of drug-likeness (QED) is 0.724. The second kappa shape index (κ2) is 7.04. The van der Waals surface area contributed by atoms with E-state index in [4.69, 9.17) is 5.11 Å². The Hall–Kier alpha value is -2.90. The molecule has 2 rings (SSSR count). The summed E-state index contributed by atoms with van der Waals surface area (Å²) in [6.07, 6.45) is 1.70. The van der Waals surface area contributed by atoms with Gasteiger partial charge in [-0.05, 0) is 17.7 Å². The number of carbonyl (C=O) groups excluding carboxylic acids is 1. The molecule has 3 N–H and O–H groups in total. The molecule has 110 valence electrons. The molecule has 0 aliphatic carbocycles. The lowest BCUT2D eigenvalue weighted by molar-refractivity contribution is 0.0696. The van der Waals surface area contributed by atoms with Crippen molar-refractivity contribution in [1.29, 1.82) is 0 Å². The van der Waals surface area contributed by atoms with E-state index in [-0.39, 0.29) is 18.1 Å². The van der Waals surface area contributed by atoms with Gasteiger partial charge in [-0.25, -0.2) is 9.59 Å². The van der Waals surface area contributed by atoms with Gasteiger partial charge in [-0.15, -0.1) is 0 Å². The van der Waals surface area contributed by atoms with Crippen molar-refractivity contribution in [2.75, 3.05) is 6.54 Å². The number of rotatable bonds is 6. The molecule has 0 saturated heterocycles. The van der Waals surface area contributed by atoms with E-state index < -0.39 is 5.97 Å². The molecule has 0 bridgehead atoms. The van der Waals surface area contributed by atoms with E-state index in [1.54, 1.807) is 12.1 Å². The molecule has 0 spiro atoms. The van der Waals surface area contributed by atoms with Crippen molar-refractivity contribution < 1.29 is 19.2 Å². The number of hydrogen-bond acceptors (Lipinski definition) is 5. The minimum Gasteiger partial charge on any atom is -0.478 e. The van der Waals surface area contributed by atoms with Crippen LogP contribution in [0.1, 0.15) is 21.7 Å². The fourth-order valence-corrected chi connectivity index (χ4v) is 1.65. The first-order valence-electron chi connectivity index (χ1n) is 6.24. The maximum atomic E-state index is 11.6. The van der Waals surface area contributed by atoms with E-state index in [9.17, 15) is 9.59 Å². The monoisotopic (exact) mass is 290 g/mol. The lowest BCUT2D eigenvalue weighted by Gasteiger charge is -2.07. The summed E-state index contributed by atoms with van der Waals surface area (Å²) in [7, 11) is 0. The third kappa shape index (κ3) is 4.60. The van der Waals surface area contributed by atoms with Gasteiger partial charge in [0.15, 0.2) is 5.82 Å². The first-order valence-corrected chi connectivity index (χ1v) is 6.24. The molecule has 0 aliphatic rings. The molecule has 21 heavy (non-hydrogen) atoms. The molecule has 8 nitrogen and oxygen atoms in total. The zero-order valence-electron chi connectivity index (χ0n) is 11.1. The van der Waals surface area contributed by atoms with Crippen LogP contribution in [-0.2, 0) is 13.0 Å². The summed E-state index contributed by atoms with van der Waals surface area (Å²) in [5.74, 6) is -0.481. The molecule has 8 heteroatoms. The van der Waals surface area contributed by atoms with Crippen molar-refractivity contribution in [3.63, 3.8) is 0 Å². The number of hydrogen-bond donors (Lipinski definition) is 3. The number of nitrogens with one attached hydrogen (secondary N) is 2. The highest BCUT2D eigenvalue weighted by Crippen LogP contribution is 2.04. The Morgan fingerprint density at radius 2 is 2.14 bits per heavy atom. The number of amides is 2. The summed E-state index contributed by atoms with van der Waals surface area (Å²) >= 11 is 0. The lowest BCUT2D eigenvalue weighted by Crippen LogP contribution is -2.36. The molecule has 0 fully saturated rings. The molecule has 1 aromatic heterocycles. The van der Waals surface area contributed by atoms with Crippen molar-refractivity contribution in [3.8, 4) is 0 Å². The third-order valence-electron chi connectivity index (χ3n) is 2.67. The van der Waals surface area contributed by atoms with Crippen LogP contribution in [0.25, 0.3) is 0 Å². The van der Waals surface area contributed by atoms with Crippen LogP contribution in [0.15, 0.2) is 35.2 Å². The van der Waals surface area contributed by atoms with Gasteiger partial charge in [0.2, 0.25) is 6.39 Å². The van der Waals surface area contributed by atoms with E-state index >= 15 is 0 Å². The van der Waals surface area contributed by atoms with Crippen molar-refractivity contribution in [2.45, 2.75) is 13.0 Å². The van der Waals surface area contributed by atoms with Crippen LogP contribution in [0.4, 0.5) is 4.79 Å². The van der Waals surface area contributed by atoms with Gasteiger partial charge in [-0.2, -0.15) is 4.98 Å². The van der Waals surface area contributed by atoms with E-state index in [1.165, 1.54) is 18.5 Å². The molecular formula is C13H14N4O4. The van der Waals surface area contributed by atoms with Crippen LogP contribution in [0.2, 0.25) is 0 Å². The minimum atomic E-state index is -0.999. The molecule has 2 amide bonds. The zero-order valence-corrected chi connectivity index (χ0v) is 11.1. The van der Waals surface area contributed by atoms with Crippen molar-refractivity contribution in [1.82, 2.24) is 20.8 Å². The Bertz CT molecular complexity index is 612. The van der Waals surface area contributed by atoms with Crippen LogP contribution in [0, 0.1) is 0 Å². The third-order valence-corrected chi connectivity index (χ3v) is 2.67. The van der Waals surface area contributed by atoms with E-state index in [2.05, 4.69) is 25.3 Å². The number of carboxylic acid groups (broad SMARTS) is 1. The lowest BCUT2D eigenvalue weighted by atomic mass is 10.1. The van der Waals surface area contributed by atoms with Gasteiger partial charge in [0, 0.05) is 19.5 Å². The van der Waals surface area contributed by atoms with Gasteiger partial charge in [0.25, 0.3) is 0 Å². The topological polar surface area (TPSA) is 117 Å². The second-order valence-corrected chi connectivity index (χ2v) is 4.21. The fourth-order valence-electron chi connectivity index (χ4n) is 1.65. The Kier molecular flexibility index (Phi) is 4.86. The highest BCUT2D eigenvalue weighted by molar-refractivity contribution is 5.87. The minimum absolute atomic E-state index is 0.187. The van der Waals surface area contributed by atoms with Gasteiger partial charge >= 0.3 is 12.0 Å². The molecule has 0 atom stereocenters. The number of aromatic nitrogens is 2. The maximum absolute atomic E-state index is 11.6. The predicted octanol–water partition coefficient (Wildman–Crippen LogP) is 0.810. The smallest absolute Gasteiger partial charge is 0.335 e. The van der Waals surface area contributed by atoms with Gasteiger partial charge in [-0.1, -0.05) is 17.3 Å². The summed E-state index contributed by atoms with van der Waals surface area (Å²) in [6.45, 7) is 0.621. The Morgan fingerprint density at radius 1 is 1.29 bits per heavy atom. The van der Waals surface area contributed by atoms with Crippen molar-refractivity contribution in [2.24, 2.45) is 0 Å². The van der Waals surface area contributed by atoms with Crippen LogP contribution in [0.3, 0.4) is 0 Å². The number of nitrogens with zero attached hydrogens (tertiary/aromatic N) is 2. The maximum Gasteiger partial charge on any atom is 0.335 e. The zero-order chi connectivity index (χ0) is 15.1. The van der Waals surface area contributed by atoms with Crippen LogP contribution >= 0.6 is 0 Å². The number of carboxylic acids is 1. The first kappa shape index (κ1) is 14.5. The summed E-state index contributed by atoms with van der Waals surface area (Å²) in [6, 6.07) is 6.04. The molecule has 2 aromatic rings. The highest BCUT2D eigenvalue weighted by Gasteiger charge is 2.05. The Labute approximate surface area is 120 Å². The van der Waals surface area contributed by atoms with Crippen LogP contribution < -0.4 is 10.6 Å². The number of aromatic carboxylic acids is 1. The summed E-state index contributed by atoms with van der Waals surface area (Å²) in [5.41, 5.74) is 0.898. The number of carbonyl (C=O) groups is 2. The fraction of sp³-hybridized carbons (Fsp3) is 0.231. The number of benzene rings is 1. The molecule has 0 unspecified atom stereocenters. The summed E-state index contributed by atoms with van der Waals surface area (Å²) in [4.78, 5) is 26.2. The predicted molar refractivity (Wildman–Crippen MR) is 71.6 cm³/mol. The van der Waals surface area contributed by atoms with Crippen LogP contribution in [0.5, 0.6) is 0 Å². The summed E-state index contributed by atoms with van der Waals surface area (Å²) < 4.78 is 4.57. The van der Waals surface area contributed by atoms with E-state index in [0.29, 0.717) is 24.4 Å². The van der Waals surface area contributed by atoms with Gasteiger partial charge in [-0.3, -0.25) is 0 Å². The molecule has 1 aromatic carbocycles. The standard InChI is InChI=1S/C13H14N4O4/c18-12(19)10-3-1-2-9(6-10)7-15-13(20)14-5-4-11-16-8-21-17-11/h1-3,6,8H,4-5,7H2,(H,18,19)(H2,14,15,20). The largest absolute Gasteiger partial charge is 0.478 e. The average Bonchev–Trinajstić information content (AvgIpc) is 2.99. The molecular weight excluding hydrogens is 276 g/mol. The molecule has 0 aliphatic heterocycles. The molecule has 1 heterocycles. The van der Waals surface area contributed by atoms with Gasteiger partial charge in [0.1, 0.15) is 0 Å². The summed E-state index contributed by atoms with van der Waals surface area (Å²) in [5, 5.41) is 17.8. The Balaban J connectivity index is 1.73. The highest BCUT2D eigenvalue weighted by atomic mass is 16.5. The first-order chi connectivity index (χ1) is 10.1. The van der Waals surface area contributed by atoms with Gasteiger partial charge in [0.05, 0.1) is 5.56 Å². The molecule has 0 radical (unpaired) electrons.